The molecule has 0 aromatic heterocycles. The molecule has 2 amide bonds. The lowest BCUT2D eigenvalue weighted by Gasteiger charge is -2.13. The number of aryl methyl sites for hydroxylation is 3. The highest BCUT2D eigenvalue weighted by Crippen LogP contribution is 2.21. The molecule has 0 unspecified atom stereocenters. The molecule has 23 heavy (non-hydrogen) atoms. The van der Waals surface area contributed by atoms with Gasteiger partial charge in [0.1, 0.15) is 6.42 Å². The van der Waals surface area contributed by atoms with Gasteiger partial charge < -0.3 is 10.6 Å². The highest BCUT2D eigenvalue weighted by atomic mass is 16.2. The molecule has 0 aliphatic rings. The summed E-state index contributed by atoms with van der Waals surface area (Å²) >= 11 is 0. The van der Waals surface area contributed by atoms with Crippen LogP contribution in [0.4, 0.5) is 11.4 Å². The van der Waals surface area contributed by atoms with Gasteiger partial charge in [-0.15, -0.1) is 0 Å². The molecule has 0 aliphatic heterocycles. The largest absolute Gasteiger partial charge is 0.326 e. The number of rotatable bonds is 5. The molecule has 0 saturated heterocycles. The number of hydrogen-bond acceptors (Lipinski definition) is 2. The van der Waals surface area contributed by atoms with Gasteiger partial charge in [0.25, 0.3) is 0 Å². The Labute approximate surface area is 136 Å². The number of carbonyl (C=O) groups is 2. The Morgan fingerprint density at radius 3 is 2.22 bits per heavy atom. The van der Waals surface area contributed by atoms with Crippen LogP contribution in [0.25, 0.3) is 0 Å². The molecule has 0 atom stereocenters. The minimum Gasteiger partial charge on any atom is -0.326 e. The van der Waals surface area contributed by atoms with Crippen LogP contribution in [-0.4, -0.2) is 11.8 Å². The normalized spacial score (nSPS) is 10.2. The molecule has 0 radical (unpaired) electrons. The first kappa shape index (κ1) is 16.7. The third kappa shape index (κ3) is 4.68. The van der Waals surface area contributed by atoms with Crippen molar-refractivity contribution < 1.29 is 9.59 Å². The molecular weight excluding hydrogens is 288 g/mol. The van der Waals surface area contributed by atoms with Crippen LogP contribution in [0.1, 0.15) is 30.0 Å². The van der Waals surface area contributed by atoms with Crippen molar-refractivity contribution >= 4 is 23.2 Å². The van der Waals surface area contributed by atoms with Crippen molar-refractivity contribution in [3.63, 3.8) is 0 Å². The molecule has 2 aromatic rings. The average Bonchev–Trinajstić information content (AvgIpc) is 2.51. The first-order chi connectivity index (χ1) is 11.0. The van der Waals surface area contributed by atoms with Crippen molar-refractivity contribution in [2.24, 2.45) is 0 Å². The molecule has 0 saturated carbocycles. The van der Waals surface area contributed by atoms with Gasteiger partial charge in [-0.1, -0.05) is 42.8 Å². The van der Waals surface area contributed by atoms with E-state index in [-0.39, 0.29) is 18.2 Å². The third-order valence-electron chi connectivity index (χ3n) is 3.66. The summed E-state index contributed by atoms with van der Waals surface area (Å²) in [5.74, 6) is -0.628. The van der Waals surface area contributed by atoms with Crippen LogP contribution >= 0.6 is 0 Å². The maximum Gasteiger partial charge on any atom is 0.233 e. The Kier molecular flexibility index (Phi) is 5.52. The lowest BCUT2D eigenvalue weighted by Crippen LogP contribution is -2.22. The van der Waals surface area contributed by atoms with Crippen LogP contribution in [0, 0.1) is 13.8 Å². The summed E-state index contributed by atoms with van der Waals surface area (Å²) in [6.07, 6.45) is 0.623. The lowest BCUT2D eigenvalue weighted by atomic mass is 10.1. The molecule has 0 spiro atoms. The van der Waals surface area contributed by atoms with Crippen molar-refractivity contribution in [2.45, 2.75) is 33.6 Å². The minimum absolute atomic E-state index is 0.203. The van der Waals surface area contributed by atoms with Gasteiger partial charge in [0.15, 0.2) is 0 Å². The van der Waals surface area contributed by atoms with Crippen LogP contribution in [0.2, 0.25) is 0 Å². The van der Waals surface area contributed by atoms with Gasteiger partial charge in [-0.3, -0.25) is 9.59 Å². The van der Waals surface area contributed by atoms with Crippen molar-refractivity contribution in [3.05, 3.63) is 59.2 Å². The van der Waals surface area contributed by atoms with E-state index in [1.54, 1.807) is 0 Å². The van der Waals surface area contributed by atoms with E-state index in [2.05, 4.69) is 10.6 Å². The summed E-state index contributed by atoms with van der Waals surface area (Å²) in [6.45, 7) is 5.96. The van der Waals surface area contributed by atoms with E-state index in [1.807, 2.05) is 63.2 Å². The minimum atomic E-state index is -0.321. The van der Waals surface area contributed by atoms with E-state index >= 15 is 0 Å². The van der Waals surface area contributed by atoms with E-state index in [4.69, 9.17) is 0 Å². The molecule has 4 nitrogen and oxygen atoms in total. The number of para-hydroxylation sites is 1. The molecule has 0 aliphatic carbocycles. The molecule has 0 fully saturated rings. The summed E-state index contributed by atoms with van der Waals surface area (Å²) in [5, 5.41) is 5.59. The highest BCUT2D eigenvalue weighted by Gasteiger charge is 2.13. The zero-order valence-electron chi connectivity index (χ0n) is 13.8. The van der Waals surface area contributed by atoms with Crippen LogP contribution in [0.3, 0.4) is 0 Å². The standard InChI is InChI=1S/C19H22N2O2/c1-4-15-7-5-6-14(3)19(15)21-18(23)12-17(22)20-16-10-8-13(2)9-11-16/h5-11H,4,12H2,1-3H3,(H,20,22)(H,21,23). The molecule has 4 heteroatoms. The number of amides is 2. The van der Waals surface area contributed by atoms with E-state index in [9.17, 15) is 9.59 Å². The zero-order chi connectivity index (χ0) is 16.8. The summed E-state index contributed by atoms with van der Waals surface area (Å²) in [5.41, 5.74) is 4.68. The fourth-order valence-electron chi connectivity index (χ4n) is 2.37. The van der Waals surface area contributed by atoms with Crippen LogP contribution < -0.4 is 10.6 Å². The van der Waals surface area contributed by atoms with E-state index in [0.29, 0.717) is 5.69 Å². The zero-order valence-corrected chi connectivity index (χ0v) is 13.8. The van der Waals surface area contributed by atoms with Gasteiger partial charge >= 0.3 is 0 Å². The van der Waals surface area contributed by atoms with Crippen LogP contribution in [0.15, 0.2) is 42.5 Å². The smallest absolute Gasteiger partial charge is 0.233 e. The van der Waals surface area contributed by atoms with Crippen LogP contribution in [0.5, 0.6) is 0 Å². The highest BCUT2D eigenvalue weighted by molar-refractivity contribution is 6.08. The fourth-order valence-corrected chi connectivity index (χ4v) is 2.37. The van der Waals surface area contributed by atoms with Crippen molar-refractivity contribution in [1.82, 2.24) is 0 Å². The summed E-state index contributed by atoms with van der Waals surface area (Å²) in [7, 11) is 0. The predicted octanol–water partition coefficient (Wildman–Crippen LogP) is 3.83. The SMILES string of the molecule is CCc1cccc(C)c1NC(=O)CC(=O)Nc1ccc(C)cc1. The van der Waals surface area contributed by atoms with Gasteiger partial charge in [-0.25, -0.2) is 0 Å². The second-order valence-corrected chi connectivity index (χ2v) is 5.60. The molecular formula is C19H22N2O2. The Hall–Kier alpha value is -2.62. The van der Waals surface area contributed by atoms with Crippen molar-refractivity contribution in [1.29, 1.82) is 0 Å². The lowest BCUT2D eigenvalue weighted by molar-refractivity contribution is -0.123. The van der Waals surface area contributed by atoms with Gasteiger partial charge in [-0.05, 0) is 43.5 Å². The Bertz CT molecular complexity index is 706. The molecule has 0 heterocycles. The number of anilines is 2. The van der Waals surface area contributed by atoms with Crippen molar-refractivity contribution in [2.75, 3.05) is 10.6 Å². The summed E-state index contributed by atoms with van der Waals surface area (Å²) in [6, 6.07) is 13.4. The average molecular weight is 310 g/mol. The topological polar surface area (TPSA) is 58.2 Å². The van der Waals surface area contributed by atoms with Gasteiger partial charge in [-0.2, -0.15) is 0 Å². The van der Waals surface area contributed by atoms with Crippen molar-refractivity contribution in [3.8, 4) is 0 Å². The maximum absolute atomic E-state index is 12.1. The Morgan fingerprint density at radius 1 is 0.913 bits per heavy atom. The molecule has 2 N–H and O–H groups in total. The molecule has 120 valence electrons. The first-order valence-electron chi connectivity index (χ1n) is 7.74. The van der Waals surface area contributed by atoms with Gasteiger partial charge in [0, 0.05) is 11.4 Å². The quantitative estimate of drug-likeness (QED) is 0.825. The number of hydrogen-bond donors (Lipinski definition) is 2. The van der Waals surface area contributed by atoms with E-state index in [1.165, 1.54) is 0 Å². The van der Waals surface area contributed by atoms with Gasteiger partial charge in [0.05, 0.1) is 0 Å². The molecule has 2 rings (SSSR count). The molecule has 2 aromatic carbocycles. The second-order valence-electron chi connectivity index (χ2n) is 5.60. The second kappa shape index (κ2) is 7.58. The fraction of sp³-hybridized carbons (Fsp3) is 0.263. The summed E-state index contributed by atoms with van der Waals surface area (Å²) < 4.78 is 0. The first-order valence-corrected chi connectivity index (χ1v) is 7.74. The van der Waals surface area contributed by atoms with Crippen LogP contribution in [-0.2, 0) is 16.0 Å². The number of nitrogens with one attached hydrogen (secondary N) is 2. The number of benzene rings is 2. The Balaban J connectivity index is 1.97. The third-order valence-corrected chi connectivity index (χ3v) is 3.66. The van der Waals surface area contributed by atoms with E-state index in [0.717, 1.165) is 28.8 Å². The van der Waals surface area contributed by atoms with Gasteiger partial charge in [0.2, 0.25) is 11.8 Å². The monoisotopic (exact) mass is 310 g/mol. The maximum atomic E-state index is 12.1. The number of carbonyl (C=O) groups excluding carboxylic acids is 2. The summed E-state index contributed by atoms with van der Waals surface area (Å²) in [4.78, 5) is 24.1. The molecule has 0 bridgehead atoms. The van der Waals surface area contributed by atoms with E-state index < -0.39 is 0 Å². The Morgan fingerprint density at radius 2 is 1.57 bits per heavy atom. The predicted molar refractivity (Wildman–Crippen MR) is 93.6 cm³/mol.